The van der Waals surface area contributed by atoms with Crippen molar-refractivity contribution in [2.45, 2.75) is 19.8 Å². The smallest absolute Gasteiger partial charge is 0.260 e. The van der Waals surface area contributed by atoms with Crippen molar-refractivity contribution in [2.24, 2.45) is 5.92 Å². The molecule has 5 heteroatoms. The highest BCUT2D eigenvalue weighted by atomic mass is 32.1. The molecule has 1 saturated heterocycles. The van der Waals surface area contributed by atoms with Gasteiger partial charge in [-0.1, -0.05) is 42.5 Å². The summed E-state index contributed by atoms with van der Waals surface area (Å²) in [7, 11) is 0. The summed E-state index contributed by atoms with van der Waals surface area (Å²) in [6.45, 7) is 4.78. The zero-order chi connectivity index (χ0) is 21.2. The maximum Gasteiger partial charge on any atom is 0.260 e. The van der Waals surface area contributed by atoms with Crippen LogP contribution in [0.15, 0.2) is 64.8 Å². The lowest BCUT2D eigenvalue weighted by Crippen LogP contribution is -2.30. The van der Waals surface area contributed by atoms with Crippen molar-refractivity contribution in [3.8, 4) is 27.3 Å². The van der Waals surface area contributed by atoms with Gasteiger partial charge in [-0.05, 0) is 67.4 Å². The number of pyridine rings is 1. The Labute approximate surface area is 185 Å². The van der Waals surface area contributed by atoms with E-state index in [1.807, 2.05) is 29.6 Å². The molecule has 0 saturated carbocycles. The molecule has 2 N–H and O–H groups in total. The van der Waals surface area contributed by atoms with E-state index in [0.717, 1.165) is 52.8 Å². The van der Waals surface area contributed by atoms with Gasteiger partial charge in [0.1, 0.15) is 5.75 Å². The maximum atomic E-state index is 13.3. The van der Waals surface area contributed by atoms with E-state index in [1.54, 1.807) is 11.3 Å². The number of para-hydroxylation sites is 1. The number of piperidine rings is 1. The molecule has 158 valence electrons. The SMILES string of the molecule is Cc1ccccc1-c1cccc2c(OCC3CCNCC3)c(-c3cccs3)c(=O)[nH]c12. The molecule has 0 unspecified atom stereocenters. The molecule has 3 heterocycles. The van der Waals surface area contributed by atoms with Gasteiger partial charge in [-0.25, -0.2) is 0 Å². The van der Waals surface area contributed by atoms with Crippen LogP contribution in [-0.4, -0.2) is 24.7 Å². The fraction of sp³-hybridized carbons (Fsp3) is 0.269. The van der Waals surface area contributed by atoms with Crippen molar-refractivity contribution in [3.63, 3.8) is 0 Å². The predicted octanol–water partition coefficient (Wildman–Crippen LogP) is 5.61. The molecular weight excluding hydrogens is 404 g/mol. The van der Waals surface area contributed by atoms with Gasteiger partial charge in [0, 0.05) is 15.8 Å². The van der Waals surface area contributed by atoms with Crippen LogP contribution in [0.4, 0.5) is 0 Å². The Morgan fingerprint density at radius 3 is 2.58 bits per heavy atom. The summed E-state index contributed by atoms with van der Waals surface area (Å²) in [6.07, 6.45) is 2.20. The second-order valence-corrected chi connectivity index (χ2v) is 9.13. The lowest BCUT2D eigenvalue weighted by molar-refractivity contribution is 0.217. The van der Waals surface area contributed by atoms with Crippen LogP contribution in [0.25, 0.3) is 32.5 Å². The highest BCUT2D eigenvalue weighted by Gasteiger charge is 2.21. The summed E-state index contributed by atoms with van der Waals surface area (Å²) in [5, 5.41) is 6.36. The lowest BCUT2D eigenvalue weighted by atomic mass is 9.96. The molecular formula is C26H26N2O2S. The van der Waals surface area contributed by atoms with Crippen molar-refractivity contribution in [2.75, 3.05) is 19.7 Å². The number of rotatable bonds is 5. The number of aromatic amines is 1. The second kappa shape index (κ2) is 8.69. The van der Waals surface area contributed by atoms with Crippen LogP contribution in [0.5, 0.6) is 5.75 Å². The number of nitrogens with one attached hydrogen (secondary N) is 2. The average Bonchev–Trinajstić information content (AvgIpc) is 3.32. The van der Waals surface area contributed by atoms with Gasteiger partial charge in [-0.2, -0.15) is 0 Å². The second-order valence-electron chi connectivity index (χ2n) is 8.18. The molecule has 0 bridgehead atoms. The van der Waals surface area contributed by atoms with Gasteiger partial charge in [0.05, 0.1) is 17.7 Å². The summed E-state index contributed by atoms with van der Waals surface area (Å²) < 4.78 is 6.47. The molecule has 1 aliphatic heterocycles. The molecule has 2 aromatic heterocycles. The Morgan fingerprint density at radius 2 is 1.81 bits per heavy atom. The van der Waals surface area contributed by atoms with Crippen LogP contribution >= 0.6 is 11.3 Å². The number of hydrogen-bond donors (Lipinski definition) is 2. The molecule has 4 nitrogen and oxygen atoms in total. The van der Waals surface area contributed by atoms with Gasteiger partial charge < -0.3 is 15.0 Å². The van der Waals surface area contributed by atoms with Crippen LogP contribution in [0.2, 0.25) is 0 Å². The standard InChI is InChI=1S/C26H26N2O2S/c1-17-6-2-3-7-19(17)20-8-4-9-21-24(20)28-26(29)23(22-10-5-15-31-22)25(21)30-16-18-11-13-27-14-12-18/h2-10,15,18,27H,11-14,16H2,1H3,(H,28,29). The van der Waals surface area contributed by atoms with Crippen LogP contribution in [-0.2, 0) is 0 Å². The van der Waals surface area contributed by atoms with Gasteiger partial charge in [0.25, 0.3) is 5.56 Å². The van der Waals surface area contributed by atoms with E-state index in [0.29, 0.717) is 23.8 Å². The predicted molar refractivity (Wildman–Crippen MR) is 129 cm³/mol. The summed E-state index contributed by atoms with van der Waals surface area (Å²) in [5.41, 5.74) is 4.70. The van der Waals surface area contributed by atoms with E-state index in [-0.39, 0.29) is 5.56 Å². The summed E-state index contributed by atoms with van der Waals surface area (Å²) in [6, 6.07) is 18.4. The fourth-order valence-corrected chi connectivity index (χ4v) is 5.20. The number of benzene rings is 2. The van der Waals surface area contributed by atoms with Crippen molar-refractivity contribution >= 4 is 22.2 Å². The van der Waals surface area contributed by atoms with Gasteiger partial charge in [-0.3, -0.25) is 4.79 Å². The van der Waals surface area contributed by atoms with E-state index in [4.69, 9.17) is 4.74 Å². The summed E-state index contributed by atoms with van der Waals surface area (Å²) >= 11 is 1.57. The van der Waals surface area contributed by atoms with Gasteiger partial charge in [0.15, 0.2) is 0 Å². The number of H-pyrrole nitrogens is 1. The molecule has 1 fully saturated rings. The van der Waals surface area contributed by atoms with Crippen LogP contribution in [0, 0.1) is 12.8 Å². The monoisotopic (exact) mass is 430 g/mol. The van der Waals surface area contributed by atoms with E-state index in [1.165, 1.54) is 5.56 Å². The third-order valence-corrected chi connectivity index (χ3v) is 7.01. The first-order valence-corrected chi connectivity index (χ1v) is 11.7. The molecule has 2 aromatic carbocycles. The number of aryl methyl sites for hydroxylation is 1. The van der Waals surface area contributed by atoms with Crippen molar-refractivity contribution in [1.29, 1.82) is 0 Å². The van der Waals surface area contributed by atoms with Crippen LogP contribution in [0.1, 0.15) is 18.4 Å². The molecule has 31 heavy (non-hydrogen) atoms. The van der Waals surface area contributed by atoms with Crippen molar-refractivity contribution in [3.05, 3.63) is 75.9 Å². The maximum absolute atomic E-state index is 13.3. The molecule has 0 radical (unpaired) electrons. The Morgan fingerprint density at radius 1 is 1.00 bits per heavy atom. The molecule has 5 rings (SSSR count). The van der Waals surface area contributed by atoms with Crippen molar-refractivity contribution in [1.82, 2.24) is 10.3 Å². The minimum absolute atomic E-state index is 0.101. The Bertz CT molecular complexity index is 1250. The normalized spacial score (nSPS) is 14.7. The van der Waals surface area contributed by atoms with Crippen molar-refractivity contribution < 1.29 is 4.74 Å². The number of thiophene rings is 1. The quantitative estimate of drug-likeness (QED) is 0.433. The largest absolute Gasteiger partial charge is 0.492 e. The molecule has 1 aliphatic rings. The van der Waals surface area contributed by atoms with Crippen LogP contribution in [0.3, 0.4) is 0 Å². The van der Waals surface area contributed by atoms with Gasteiger partial charge >= 0.3 is 0 Å². The summed E-state index contributed by atoms with van der Waals surface area (Å²) in [5.74, 6) is 1.21. The molecule has 0 atom stereocenters. The fourth-order valence-electron chi connectivity index (χ4n) is 4.43. The topological polar surface area (TPSA) is 54.1 Å². The van der Waals surface area contributed by atoms with E-state index < -0.39 is 0 Å². The van der Waals surface area contributed by atoms with Gasteiger partial charge in [0.2, 0.25) is 0 Å². The third kappa shape index (κ3) is 3.91. The number of aromatic nitrogens is 1. The first-order chi connectivity index (χ1) is 15.2. The minimum Gasteiger partial charge on any atom is -0.492 e. The molecule has 4 aromatic rings. The first-order valence-electron chi connectivity index (χ1n) is 10.8. The number of fused-ring (bicyclic) bond motifs is 1. The third-order valence-electron chi connectivity index (χ3n) is 6.13. The zero-order valence-electron chi connectivity index (χ0n) is 17.6. The zero-order valence-corrected chi connectivity index (χ0v) is 18.4. The van der Waals surface area contributed by atoms with E-state index in [2.05, 4.69) is 47.6 Å². The minimum atomic E-state index is -0.101. The Balaban J connectivity index is 1.69. The van der Waals surface area contributed by atoms with Crippen LogP contribution < -0.4 is 15.6 Å². The molecule has 0 amide bonds. The van der Waals surface area contributed by atoms with E-state index >= 15 is 0 Å². The number of ether oxygens (including phenoxy) is 1. The number of hydrogen-bond acceptors (Lipinski definition) is 4. The summed E-state index contributed by atoms with van der Waals surface area (Å²) in [4.78, 5) is 17.4. The average molecular weight is 431 g/mol. The van der Waals surface area contributed by atoms with Gasteiger partial charge in [-0.15, -0.1) is 11.3 Å². The Kier molecular flexibility index (Phi) is 5.62. The lowest BCUT2D eigenvalue weighted by Gasteiger charge is -2.24. The molecule has 0 aliphatic carbocycles. The highest BCUT2D eigenvalue weighted by Crippen LogP contribution is 2.39. The first kappa shape index (κ1) is 20.0. The highest BCUT2D eigenvalue weighted by molar-refractivity contribution is 7.13. The Hall–Kier alpha value is -2.89. The van der Waals surface area contributed by atoms with E-state index in [9.17, 15) is 4.79 Å². The molecule has 0 spiro atoms.